The summed E-state index contributed by atoms with van der Waals surface area (Å²) in [4.78, 5) is 23.2. The van der Waals surface area contributed by atoms with E-state index in [0.717, 1.165) is 18.6 Å². The molecule has 228 valence electrons. The van der Waals surface area contributed by atoms with Crippen LogP contribution < -0.4 is 0 Å². The zero-order valence-corrected chi connectivity index (χ0v) is 27.4. The molecule has 0 aliphatic heterocycles. The van der Waals surface area contributed by atoms with Crippen LogP contribution in [0.3, 0.4) is 0 Å². The first-order valence-electron chi connectivity index (χ1n) is 15.7. The second-order valence-electron chi connectivity index (χ2n) is 10.8. The highest BCUT2D eigenvalue weighted by Gasteiger charge is 2.40. The largest absolute Gasteiger partial charge is 0.452 e. The van der Waals surface area contributed by atoms with Crippen LogP contribution in [0.15, 0.2) is 0 Å². The molecule has 0 aromatic heterocycles. The first-order chi connectivity index (χ1) is 18.3. The molecule has 0 aliphatic rings. The highest BCUT2D eigenvalue weighted by molar-refractivity contribution is 7.99. The standard InChI is InChI=1S/C30H61O6PS/c1-7-10-12-14-16-17-18-19-21-23-26-38-29(24-22-20-15-13-11-8-2)28(6)34-35-30(31)37(32,33-25-9-3)36-27(4)5/h27-29H,7-26H2,1-6H3. The van der Waals surface area contributed by atoms with Crippen LogP contribution in [0.2, 0.25) is 0 Å². The van der Waals surface area contributed by atoms with Gasteiger partial charge in [0.05, 0.1) is 12.7 Å². The van der Waals surface area contributed by atoms with Crippen LogP contribution in [0.1, 0.15) is 157 Å². The van der Waals surface area contributed by atoms with Gasteiger partial charge in [-0.3, -0.25) is 9.41 Å². The van der Waals surface area contributed by atoms with Crippen LogP contribution in [0, 0.1) is 0 Å². The number of carbonyl (C=O) groups is 1. The van der Waals surface area contributed by atoms with Crippen LogP contribution in [0.5, 0.6) is 0 Å². The Bertz CT molecular complexity index is 589. The minimum absolute atomic E-state index is 0.157. The Balaban J connectivity index is 4.60. The number of hydrogen-bond donors (Lipinski definition) is 0. The lowest BCUT2D eigenvalue weighted by Gasteiger charge is -2.24. The minimum atomic E-state index is -4.05. The number of thioether (sulfide) groups is 1. The van der Waals surface area contributed by atoms with Crippen LogP contribution in [0.4, 0.5) is 4.79 Å². The van der Waals surface area contributed by atoms with E-state index in [1.807, 2.05) is 25.6 Å². The van der Waals surface area contributed by atoms with Gasteiger partial charge in [-0.05, 0) is 45.8 Å². The highest BCUT2D eigenvalue weighted by Crippen LogP contribution is 2.51. The molecule has 0 radical (unpaired) electrons. The third-order valence-electron chi connectivity index (χ3n) is 6.51. The normalized spacial score (nSPS) is 14.9. The summed E-state index contributed by atoms with van der Waals surface area (Å²) in [5, 5.41) is 0.217. The summed E-state index contributed by atoms with van der Waals surface area (Å²) in [6, 6.07) is 0. The van der Waals surface area contributed by atoms with Crippen molar-refractivity contribution in [3.63, 3.8) is 0 Å². The van der Waals surface area contributed by atoms with Crippen molar-refractivity contribution in [1.29, 1.82) is 0 Å². The molecule has 38 heavy (non-hydrogen) atoms. The maximum atomic E-state index is 12.9. The van der Waals surface area contributed by atoms with Gasteiger partial charge in [0, 0.05) is 5.25 Å². The van der Waals surface area contributed by atoms with Crippen molar-refractivity contribution in [3.8, 4) is 0 Å². The van der Waals surface area contributed by atoms with Crippen LogP contribution in [0.25, 0.3) is 0 Å². The van der Waals surface area contributed by atoms with Gasteiger partial charge in [0.1, 0.15) is 6.10 Å². The van der Waals surface area contributed by atoms with E-state index in [4.69, 9.17) is 18.8 Å². The van der Waals surface area contributed by atoms with Gasteiger partial charge in [-0.25, -0.2) is 9.36 Å². The maximum Gasteiger partial charge on any atom is 0.452 e. The van der Waals surface area contributed by atoms with Gasteiger partial charge >= 0.3 is 13.3 Å². The first-order valence-corrected chi connectivity index (χ1v) is 18.3. The van der Waals surface area contributed by atoms with Gasteiger partial charge < -0.3 is 4.52 Å². The van der Waals surface area contributed by atoms with Crippen LogP contribution in [-0.2, 0) is 23.4 Å². The average molecular weight is 581 g/mol. The lowest BCUT2D eigenvalue weighted by atomic mass is 10.1. The van der Waals surface area contributed by atoms with Gasteiger partial charge in [-0.2, -0.15) is 16.6 Å². The molecule has 0 fully saturated rings. The molecule has 0 aliphatic carbocycles. The Morgan fingerprint density at radius 1 is 0.711 bits per heavy atom. The van der Waals surface area contributed by atoms with Crippen molar-refractivity contribution in [2.45, 2.75) is 175 Å². The number of rotatable bonds is 28. The fourth-order valence-electron chi connectivity index (χ4n) is 4.24. The van der Waals surface area contributed by atoms with Crippen molar-refractivity contribution < 1.29 is 28.2 Å². The average Bonchev–Trinajstić information content (AvgIpc) is 2.89. The van der Waals surface area contributed by atoms with E-state index in [1.165, 1.54) is 96.3 Å². The smallest absolute Gasteiger partial charge is 0.301 e. The zero-order valence-electron chi connectivity index (χ0n) is 25.7. The Kier molecular flexibility index (Phi) is 25.8. The highest BCUT2D eigenvalue weighted by atomic mass is 32.2. The third-order valence-corrected chi connectivity index (χ3v) is 9.82. The summed E-state index contributed by atoms with van der Waals surface area (Å²) in [6.45, 7) is 11.9. The van der Waals surface area contributed by atoms with Crippen molar-refractivity contribution in [1.82, 2.24) is 0 Å². The molecule has 0 amide bonds. The Labute approximate surface area is 239 Å². The summed E-state index contributed by atoms with van der Waals surface area (Å²) in [5.41, 5.74) is -1.07. The van der Waals surface area contributed by atoms with E-state index in [1.54, 1.807) is 13.8 Å². The molecule has 3 atom stereocenters. The molecule has 0 saturated carbocycles. The van der Waals surface area contributed by atoms with Crippen molar-refractivity contribution >= 4 is 25.1 Å². The monoisotopic (exact) mass is 580 g/mol. The van der Waals surface area contributed by atoms with E-state index in [-0.39, 0.29) is 18.0 Å². The fourth-order valence-corrected chi connectivity index (χ4v) is 6.93. The van der Waals surface area contributed by atoms with Crippen molar-refractivity contribution in [3.05, 3.63) is 0 Å². The molecule has 0 rings (SSSR count). The molecule has 0 bridgehead atoms. The maximum absolute atomic E-state index is 12.9. The van der Waals surface area contributed by atoms with Gasteiger partial charge in [0.2, 0.25) is 0 Å². The molecular weight excluding hydrogens is 519 g/mol. The van der Waals surface area contributed by atoms with Gasteiger partial charge in [0.15, 0.2) is 0 Å². The van der Waals surface area contributed by atoms with E-state index in [9.17, 15) is 9.36 Å². The summed E-state index contributed by atoms with van der Waals surface area (Å²) in [6.07, 6.45) is 21.6. The third kappa shape index (κ3) is 20.8. The molecule has 6 nitrogen and oxygen atoms in total. The van der Waals surface area contributed by atoms with Gasteiger partial charge in [0.25, 0.3) is 0 Å². The van der Waals surface area contributed by atoms with Gasteiger partial charge in [-0.1, -0.05) is 117 Å². The van der Waals surface area contributed by atoms with Crippen molar-refractivity contribution in [2.24, 2.45) is 0 Å². The summed E-state index contributed by atoms with van der Waals surface area (Å²) >= 11 is 1.91. The zero-order chi connectivity index (χ0) is 28.5. The minimum Gasteiger partial charge on any atom is -0.301 e. The Morgan fingerprint density at radius 2 is 1.21 bits per heavy atom. The summed E-state index contributed by atoms with van der Waals surface area (Å²) in [7, 11) is -4.05. The molecule has 0 aromatic carbocycles. The first kappa shape index (κ1) is 37.9. The van der Waals surface area contributed by atoms with Crippen LogP contribution in [-0.4, -0.2) is 35.5 Å². The second kappa shape index (κ2) is 25.9. The predicted molar refractivity (Wildman–Crippen MR) is 163 cm³/mol. The van der Waals surface area contributed by atoms with Gasteiger partial charge in [-0.15, -0.1) is 0 Å². The lowest BCUT2D eigenvalue weighted by Crippen LogP contribution is -2.26. The van der Waals surface area contributed by atoms with Crippen molar-refractivity contribution in [2.75, 3.05) is 12.4 Å². The summed E-state index contributed by atoms with van der Waals surface area (Å²) < 4.78 is 23.5. The summed E-state index contributed by atoms with van der Waals surface area (Å²) in [5.74, 6) is 1.08. The molecule has 0 aromatic rings. The molecule has 0 spiro atoms. The Morgan fingerprint density at radius 3 is 1.71 bits per heavy atom. The Hall–Kier alpha value is -0.0700. The van der Waals surface area contributed by atoms with Crippen LogP contribution >= 0.6 is 19.4 Å². The number of carbonyl (C=O) groups excluding carboxylic acids is 1. The van der Waals surface area contributed by atoms with E-state index in [0.29, 0.717) is 6.42 Å². The molecule has 0 heterocycles. The quantitative estimate of drug-likeness (QED) is 0.0394. The fraction of sp³-hybridized carbons (Fsp3) is 0.967. The number of hydrogen-bond acceptors (Lipinski definition) is 7. The number of unbranched alkanes of at least 4 members (excludes halogenated alkanes) is 14. The SMILES string of the molecule is CCCCCCCCCCCCSC(CCCCCCCC)C(C)OOC(=O)P(=O)(OCCC)OC(C)C. The molecule has 8 heteroatoms. The molecule has 0 N–H and O–H groups in total. The topological polar surface area (TPSA) is 71.1 Å². The van der Waals surface area contributed by atoms with E-state index < -0.39 is 19.4 Å². The molecule has 3 unspecified atom stereocenters. The lowest BCUT2D eigenvalue weighted by molar-refractivity contribution is -0.262. The second-order valence-corrected chi connectivity index (χ2v) is 14.0. The van der Waals surface area contributed by atoms with E-state index in [2.05, 4.69) is 13.8 Å². The molecular formula is C30H61O6PS. The molecule has 0 saturated heterocycles. The predicted octanol–water partition coefficient (Wildman–Crippen LogP) is 11.3. The van der Waals surface area contributed by atoms with E-state index >= 15 is 0 Å².